The highest BCUT2D eigenvalue weighted by molar-refractivity contribution is 7.07. The Morgan fingerprint density at radius 3 is 3.06 bits per heavy atom. The molecule has 0 aromatic carbocycles. The van der Waals surface area contributed by atoms with Gasteiger partial charge in [-0.1, -0.05) is 12.1 Å². The van der Waals surface area contributed by atoms with Crippen LogP contribution in [0.1, 0.15) is 19.0 Å². The molecular weight excluding hydrogens is 240 g/mol. The minimum absolute atomic E-state index is 0.0568. The molecule has 0 aliphatic heterocycles. The second kappa shape index (κ2) is 6.85. The summed E-state index contributed by atoms with van der Waals surface area (Å²) < 4.78 is 0. The second-order valence-corrected chi connectivity index (χ2v) is 4.23. The summed E-state index contributed by atoms with van der Waals surface area (Å²) in [6.45, 7) is 2.31. The van der Waals surface area contributed by atoms with Crippen LogP contribution in [0.2, 0.25) is 0 Å². The maximum absolute atomic E-state index is 11.7. The fraction of sp³-hybridized carbons (Fsp3) is 0.500. The van der Waals surface area contributed by atoms with Crippen LogP contribution in [0.4, 0.5) is 0 Å². The molecule has 0 saturated carbocycles. The highest BCUT2D eigenvalue weighted by Crippen LogP contribution is 2.04. The largest absolute Gasteiger partial charge is 0.409 e. The molecule has 0 spiro atoms. The van der Waals surface area contributed by atoms with Crippen LogP contribution in [-0.2, 0) is 11.2 Å². The predicted octanol–water partition coefficient (Wildman–Crippen LogP) is 0.574. The fourth-order valence-corrected chi connectivity index (χ4v) is 1.99. The lowest BCUT2D eigenvalue weighted by Gasteiger charge is -2.12. The Bertz CT molecular complexity index is 378. The molecule has 1 unspecified atom stereocenters. The molecule has 0 radical (unpaired) electrons. The zero-order valence-electron chi connectivity index (χ0n) is 9.59. The molecule has 4 N–H and O–H groups in total. The van der Waals surface area contributed by atoms with E-state index in [-0.39, 0.29) is 11.7 Å². The van der Waals surface area contributed by atoms with E-state index in [9.17, 15) is 4.79 Å². The first-order valence-electron chi connectivity index (χ1n) is 5.31. The molecule has 1 aromatic rings. The number of nitrogens with one attached hydrogen (secondary N) is 1. The van der Waals surface area contributed by atoms with Gasteiger partial charge < -0.3 is 16.3 Å². The molecular formula is C10H16N4O2S. The highest BCUT2D eigenvalue weighted by Gasteiger charge is 2.20. The van der Waals surface area contributed by atoms with E-state index in [1.54, 1.807) is 5.51 Å². The quantitative estimate of drug-likeness (QED) is 0.300. The normalized spacial score (nSPS) is 13.4. The van der Waals surface area contributed by atoms with Crippen LogP contribution in [-0.4, -0.2) is 28.5 Å². The summed E-state index contributed by atoms with van der Waals surface area (Å²) in [5, 5.41) is 16.1. The molecule has 6 nitrogen and oxygen atoms in total. The van der Waals surface area contributed by atoms with E-state index in [2.05, 4.69) is 15.5 Å². The minimum atomic E-state index is -0.574. The highest BCUT2D eigenvalue weighted by atomic mass is 32.1. The molecule has 1 rings (SSSR count). The van der Waals surface area contributed by atoms with Crippen LogP contribution in [0.5, 0.6) is 0 Å². The number of rotatable bonds is 6. The van der Waals surface area contributed by atoms with Crippen molar-refractivity contribution < 1.29 is 10.0 Å². The molecule has 0 bridgehead atoms. The summed E-state index contributed by atoms with van der Waals surface area (Å²) in [5.74, 6) is -0.855. The molecule has 0 aliphatic rings. The standard InChI is InChI=1S/C10H16N4O2S/c1-2-8(9(11)14-16)10(15)12-4-3-7-5-17-6-13-7/h5-6,8,16H,2-4H2,1H3,(H2,11,14)(H,12,15). The van der Waals surface area contributed by atoms with Crippen molar-refractivity contribution in [3.63, 3.8) is 0 Å². The molecule has 17 heavy (non-hydrogen) atoms. The van der Waals surface area contributed by atoms with E-state index in [0.29, 0.717) is 19.4 Å². The molecule has 7 heteroatoms. The van der Waals surface area contributed by atoms with E-state index in [1.165, 1.54) is 11.3 Å². The summed E-state index contributed by atoms with van der Waals surface area (Å²) in [6, 6.07) is 0. The molecule has 94 valence electrons. The lowest BCUT2D eigenvalue weighted by molar-refractivity contribution is -0.123. The van der Waals surface area contributed by atoms with Gasteiger partial charge in [-0.05, 0) is 6.42 Å². The maximum atomic E-state index is 11.7. The van der Waals surface area contributed by atoms with Gasteiger partial charge in [-0.3, -0.25) is 4.79 Å². The van der Waals surface area contributed by atoms with Crippen LogP contribution in [0.3, 0.4) is 0 Å². The monoisotopic (exact) mass is 256 g/mol. The third-order valence-electron chi connectivity index (χ3n) is 2.36. The molecule has 1 heterocycles. The van der Waals surface area contributed by atoms with Crippen LogP contribution in [0, 0.1) is 5.92 Å². The number of hydrogen-bond donors (Lipinski definition) is 3. The van der Waals surface area contributed by atoms with Gasteiger partial charge in [0.15, 0.2) is 5.84 Å². The summed E-state index contributed by atoms with van der Waals surface area (Å²) in [4.78, 5) is 15.8. The number of carbonyl (C=O) groups is 1. The number of nitrogens with two attached hydrogens (primary N) is 1. The van der Waals surface area contributed by atoms with Gasteiger partial charge in [-0.2, -0.15) is 0 Å². The molecule has 1 aromatic heterocycles. The predicted molar refractivity (Wildman–Crippen MR) is 66.0 cm³/mol. The second-order valence-electron chi connectivity index (χ2n) is 3.51. The van der Waals surface area contributed by atoms with Gasteiger partial charge in [-0.15, -0.1) is 11.3 Å². The van der Waals surface area contributed by atoms with Crippen molar-refractivity contribution in [2.75, 3.05) is 6.54 Å². The smallest absolute Gasteiger partial charge is 0.230 e. The molecule has 1 atom stereocenters. The number of thiazole rings is 1. The van der Waals surface area contributed by atoms with Crippen molar-refractivity contribution >= 4 is 23.1 Å². The van der Waals surface area contributed by atoms with E-state index >= 15 is 0 Å². The number of aromatic nitrogens is 1. The minimum Gasteiger partial charge on any atom is -0.409 e. The topological polar surface area (TPSA) is 101 Å². The van der Waals surface area contributed by atoms with E-state index in [1.807, 2.05) is 12.3 Å². The van der Waals surface area contributed by atoms with E-state index in [0.717, 1.165) is 5.69 Å². The first-order valence-corrected chi connectivity index (χ1v) is 6.25. The Balaban J connectivity index is 2.38. The van der Waals surface area contributed by atoms with Crippen molar-refractivity contribution in [1.29, 1.82) is 0 Å². The Hall–Kier alpha value is -1.63. The number of amides is 1. The zero-order chi connectivity index (χ0) is 12.7. The Labute approximate surface area is 104 Å². The molecule has 0 aliphatic carbocycles. The van der Waals surface area contributed by atoms with Crippen molar-refractivity contribution in [3.05, 3.63) is 16.6 Å². The summed E-state index contributed by atoms with van der Waals surface area (Å²) in [7, 11) is 0. The van der Waals surface area contributed by atoms with Crippen molar-refractivity contribution in [2.24, 2.45) is 16.8 Å². The Kier molecular flexibility index (Phi) is 5.41. The Morgan fingerprint density at radius 1 is 1.76 bits per heavy atom. The lowest BCUT2D eigenvalue weighted by Crippen LogP contribution is -2.39. The Morgan fingerprint density at radius 2 is 2.53 bits per heavy atom. The maximum Gasteiger partial charge on any atom is 0.230 e. The molecule has 0 fully saturated rings. The zero-order valence-corrected chi connectivity index (χ0v) is 10.4. The number of oxime groups is 1. The van der Waals surface area contributed by atoms with Gasteiger partial charge in [0.05, 0.1) is 17.1 Å². The lowest BCUT2D eigenvalue weighted by atomic mass is 10.0. The van der Waals surface area contributed by atoms with Crippen LogP contribution < -0.4 is 11.1 Å². The van der Waals surface area contributed by atoms with Crippen molar-refractivity contribution in [1.82, 2.24) is 10.3 Å². The molecule has 0 saturated heterocycles. The van der Waals surface area contributed by atoms with Crippen LogP contribution in [0.15, 0.2) is 16.0 Å². The first-order chi connectivity index (χ1) is 8.19. The van der Waals surface area contributed by atoms with Crippen LogP contribution in [0.25, 0.3) is 0 Å². The average molecular weight is 256 g/mol. The van der Waals surface area contributed by atoms with Crippen molar-refractivity contribution in [2.45, 2.75) is 19.8 Å². The van der Waals surface area contributed by atoms with Gasteiger partial charge in [0.25, 0.3) is 0 Å². The number of amidine groups is 1. The first kappa shape index (κ1) is 13.4. The number of hydrogen-bond acceptors (Lipinski definition) is 5. The van der Waals surface area contributed by atoms with Gasteiger partial charge in [0, 0.05) is 18.3 Å². The van der Waals surface area contributed by atoms with Gasteiger partial charge in [0.1, 0.15) is 0 Å². The van der Waals surface area contributed by atoms with Crippen LogP contribution >= 0.6 is 11.3 Å². The number of carbonyl (C=O) groups excluding carboxylic acids is 1. The van der Waals surface area contributed by atoms with E-state index in [4.69, 9.17) is 10.9 Å². The third-order valence-corrected chi connectivity index (χ3v) is 3.00. The summed E-state index contributed by atoms with van der Waals surface area (Å²) in [6.07, 6.45) is 1.18. The SMILES string of the molecule is CCC(C(=O)NCCc1cscn1)C(N)=NO. The third kappa shape index (κ3) is 4.03. The number of nitrogens with zero attached hydrogens (tertiary/aromatic N) is 2. The van der Waals surface area contributed by atoms with Gasteiger partial charge >= 0.3 is 0 Å². The summed E-state index contributed by atoms with van der Waals surface area (Å²) in [5.41, 5.74) is 8.13. The fourth-order valence-electron chi connectivity index (χ4n) is 1.40. The van der Waals surface area contributed by atoms with Gasteiger partial charge in [-0.25, -0.2) is 4.98 Å². The van der Waals surface area contributed by atoms with Gasteiger partial charge in [0.2, 0.25) is 5.91 Å². The van der Waals surface area contributed by atoms with Crippen molar-refractivity contribution in [3.8, 4) is 0 Å². The van der Waals surface area contributed by atoms with E-state index < -0.39 is 5.92 Å². The summed E-state index contributed by atoms with van der Waals surface area (Å²) >= 11 is 1.52. The molecule has 1 amide bonds. The average Bonchev–Trinajstić information content (AvgIpc) is 2.82.